The third-order valence-electron chi connectivity index (χ3n) is 5.47. The Morgan fingerprint density at radius 1 is 0.839 bits per heavy atom. The van der Waals surface area contributed by atoms with E-state index in [4.69, 9.17) is 9.47 Å². The average molecular weight is 416 g/mol. The summed E-state index contributed by atoms with van der Waals surface area (Å²) in [6.07, 6.45) is 0. The minimum atomic E-state index is -0.848. The molecule has 0 unspecified atom stereocenters. The maximum Gasteiger partial charge on any atom is 0.255 e. The number of rotatable bonds is 5. The van der Waals surface area contributed by atoms with Gasteiger partial charge in [-0.05, 0) is 42.8 Å². The summed E-state index contributed by atoms with van der Waals surface area (Å²) in [5.41, 5.74) is 3.05. The van der Waals surface area contributed by atoms with Crippen LogP contribution in [0.5, 0.6) is 11.5 Å². The van der Waals surface area contributed by atoms with E-state index in [1.807, 2.05) is 43.3 Å². The highest BCUT2D eigenvalue weighted by Gasteiger charge is 2.43. The van der Waals surface area contributed by atoms with Crippen molar-refractivity contribution in [3.63, 3.8) is 0 Å². The number of ether oxygens (including phenoxy) is 2. The van der Waals surface area contributed by atoms with E-state index in [2.05, 4.69) is 5.32 Å². The molecule has 1 aliphatic rings. The van der Waals surface area contributed by atoms with E-state index in [1.165, 1.54) is 0 Å². The fourth-order valence-electron chi connectivity index (χ4n) is 3.85. The fraction of sp³-hybridized carbons (Fsp3) is 0.200. The van der Waals surface area contributed by atoms with E-state index >= 15 is 0 Å². The molecule has 6 heteroatoms. The summed E-state index contributed by atoms with van der Waals surface area (Å²) in [7, 11) is 3.13. The molecule has 4 rings (SSSR count). The lowest BCUT2D eigenvalue weighted by atomic mass is 9.94. The van der Waals surface area contributed by atoms with E-state index in [9.17, 15) is 9.59 Å². The summed E-state index contributed by atoms with van der Waals surface area (Å²) in [4.78, 5) is 28.7. The molecular weight excluding hydrogens is 392 g/mol. The van der Waals surface area contributed by atoms with E-state index in [0.717, 1.165) is 5.56 Å². The molecule has 3 aromatic rings. The van der Waals surface area contributed by atoms with E-state index in [-0.39, 0.29) is 11.8 Å². The Morgan fingerprint density at radius 2 is 1.52 bits per heavy atom. The van der Waals surface area contributed by atoms with Crippen LogP contribution in [-0.4, -0.2) is 26.0 Å². The Labute approximate surface area is 181 Å². The number of amides is 2. The SMILES string of the molecule is COc1ccc([C@H]2C(=O)N[C@H](c3ccccc3OC)C(=O)N2c2ccc(C)cc2)cc1. The number of aryl methyl sites for hydroxylation is 1. The van der Waals surface area contributed by atoms with Crippen LogP contribution in [0.15, 0.2) is 72.8 Å². The molecule has 3 aromatic carbocycles. The zero-order chi connectivity index (χ0) is 22.0. The lowest BCUT2D eigenvalue weighted by molar-refractivity contribution is -0.134. The van der Waals surface area contributed by atoms with E-state index < -0.39 is 12.1 Å². The maximum atomic E-state index is 13.8. The van der Waals surface area contributed by atoms with Crippen molar-refractivity contribution in [3.8, 4) is 11.5 Å². The Morgan fingerprint density at radius 3 is 2.16 bits per heavy atom. The summed E-state index contributed by atoms with van der Waals surface area (Å²) in [6, 6.07) is 20.3. The molecule has 0 radical (unpaired) electrons. The maximum absolute atomic E-state index is 13.8. The fourth-order valence-corrected chi connectivity index (χ4v) is 3.85. The predicted octanol–water partition coefficient (Wildman–Crippen LogP) is 3.96. The molecule has 1 saturated heterocycles. The van der Waals surface area contributed by atoms with Crippen LogP contribution in [-0.2, 0) is 9.59 Å². The Balaban J connectivity index is 1.81. The lowest BCUT2D eigenvalue weighted by Gasteiger charge is -2.39. The number of benzene rings is 3. The third kappa shape index (κ3) is 3.84. The number of methoxy groups -OCH3 is 2. The standard InChI is InChI=1S/C25H24N2O4/c1-16-8-12-18(13-9-16)27-23(17-10-14-19(30-2)15-11-17)24(28)26-22(25(27)29)20-6-4-5-7-21(20)31-3/h4-15,22-23H,1-3H3,(H,26,28)/t22-,23+/m1/s1. The minimum Gasteiger partial charge on any atom is -0.497 e. The van der Waals surface area contributed by atoms with E-state index in [1.54, 1.807) is 55.5 Å². The van der Waals surface area contributed by atoms with Gasteiger partial charge in [0.15, 0.2) is 0 Å². The van der Waals surface area contributed by atoms with Crippen molar-refractivity contribution in [1.82, 2.24) is 5.32 Å². The second-order valence-electron chi connectivity index (χ2n) is 7.40. The van der Waals surface area contributed by atoms with Gasteiger partial charge in [0.1, 0.15) is 23.6 Å². The molecule has 1 aliphatic heterocycles. The first-order valence-electron chi connectivity index (χ1n) is 10.0. The van der Waals surface area contributed by atoms with Gasteiger partial charge in [-0.2, -0.15) is 0 Å². The summed E-state index contributed by atoms with van der Waals surface area (Å²) in [5, 5.41) is 2.90. The number of hydrogen-bond donors (Lipinski definition) is 1. The number of carbonyl (C=O) groups is 2. The first-order chi connectivity index (χ1) is 15.0. The number of para-hydroxylation sites is 1. The number of nitrogens with one attached hydrogen (secondary N) is 1. The molecule has 0 aromatic heterocycles. The van der Waals surface area contributed by atoms with E-state index in [0.29, 0.717) is 28.3 Å². The summed E-state index contributed by atoms with van der Waals surface area (Å²) in [5.74, 6) is 0.739. The second-order valence-corrected chi connectivity index (χ2v) is 7.40. The van der Waals surface area contributed by atoms with Crippen LogP contribution >= 0.6 is 0 Å². The van der Waals surface area contributed by atoms with Gasteiger partial charge in [0.25, 0.3) is 5.91 Å². The molecule has 1 heterocycles. The molecule has 31 heavy (non-hydrogen) atoms. The Kier molecular flexibility index (Phi) is 5.62. The van der Waals surface area contributed by atoms with Crippen molar-refractivity contribution in [1.29, 1.82) is 0 Å². The van der Waals surface area contributed by atoms with Crippen molar-refractivity contribution < 1.29 is 19.1 Å². The van der Waals surface area contributed by atoms with Crippen LogP contribution in [0.4, 0.5) is 5.69 Å². The first kappa shape index (κ1) is 20.5. The monoisotopic (exact) mass is 416 g/mol. The highest BCUT2D eigenvalue weighted by molar-refractivity contribution is 6.09. The smallest absolute Gasteiger partial charge is 0.255 e. The van der Waals surface area contributed by atoms with Crippen LogP contribution < -0.4 is 19.7 Å². The molecule has 0 bridgehead atoms. The summed E-state index contributed by atoms with van der Waals surface area (Å²) < 4.78 is 10.7. The molecule has 1 fully saturated rings. The summed E-state index contributed by atoms with van der Waals surface area (Å²) >= 11 is 0. The topological polar surface area (TPSA) is 67.9 Å². The van der Waals surface area contributed by atoms with Crippen molar-refractivity contribution in [2.24, 2.45) is 0 Å². The van der Waals surface area contributed by atoms with Crippen LogP contribution in [0.1, 0.15) is 28.8 Å². The van der Waals surface area contributed by atoms with Crippen molar-refractivity contribution >= 4 is 17.5 Å². The largest absolute Gasteiger partial charge is 0.497 e. The molecule has 6 nitrogen and oxygen atoms in total. The summed E-state index contributed by atoms with van der Waals surface area (Å²) in [6.45, 7) is 1.98. The van der Waals surface area contributed by atoms with Gasteiger partial charge < -0.3 is 14.8 Å². The quantitative estimate of drug-likeness (QED) is 0.684. The van der Waals surface area contributed by atoms with Gasteiger partial charge in [-0.15, -0.1) is 0 Å². The molecule has 2 amide bonds. The van der Waals surface area contributed by atoms with Crippen molar-refractivity contribution in [2.45, 2.75) is 19.0 Å². The van der Waals surface area contributed by atoms with Gasteiger partial charge >= 0.3 is 0 Å². The molecular formula is C25H24N2O4. The van der Waals surface area contributed by atoms with Crippen molar-refractivity contribution in [3.05, 3.63) is 89.5 Å². The van der Waals surface area contributed by atoms with Gasteiger partial charge in [-0.3, -0.25) is 14.5 Å². The van der Waals surface area contributed by atoms with Crippen LogP contribution in [0.3, 0.4) is 0 Å². The normalized spacial score (nSPS) is 18.5. The highest BCUT2D eigenvalue weighted by atomic mass is 16.5. The van der Waals surface area contributed by atoms with Gasteiger partial charge in [0, 0.05) is 11.3 Å². The third-order valence-corrected chi connectivity index (χ3v) is 5.47. The lowest BCUT2D eigenvalue weighted by Crippen LogP contribution is -2.55. The van der Waals surface area contributed by atoms with Crippen molar-refractivity contribution in [2.75, 3.05) is 19.1 Å². The van der Waals surface area contributed by atoms with Gasteiger partial charge in [-0.1, -0.05) is 48.0 Å². The average Bonchev–Trinajstić information content (AvgIpc) is 2.81. The van der Waals surface area contributed by atoms with Crippen LogP contribution in [0.2, 0.25) is 0 Å². The molecule has 2 atom stereocenters. The van der Waals surface area contributed by atoms with Gasteiger partial charge in [0.2, 0.25) is 5.91 Å². The predicted molar refractivity (Wildman–Crippen MR) is 118 cm³/mol. The molecule has 1 N–H and O–H groups in total. The molecule has 0 aliphatic carbocycles. The van der Waals surface area contributed by atoms with Gasteiger partial charge in [-0.25, -0.2) is 0 Å². The minimum absolute atomic E-state index is 0.228. The number of piperazine rings is 1. The molecule has 0 saturated carbocycles. The first-order valence-corrected chi connectivity index (χ1v) is 10.0. The second kappa shape index (κ2) is 8.52. The highest BCUT2D eigenvalue weighted by Crippen LogP contribution is 2.37. The zero-order valence-electron chi connectivity index (χ0n) is 17.7. The Hall–Kier alpha value is -3.80. The van der Waals surface area contributed by atoms with Crippen LogP contribution in [0, 0.1) is 6.92 Å². The number of hydrogen-bond acceptors (Lipinski definition) is 4. The number of anilines is 1. The molecule has 0 spiro atoms. The van der Waals surface area contributed by atoms with Crippen LogP contribution in [0.25, 0.3) is 0 Å². The number of nitrogens with zero attached hydrogens (tertiary/aromatic N) is 1. The zero-order valence-corrected chi connectivity index (χ0v) is 17.7. The van der Waals surface area contributed by atoms with Gasteiger partial charge in [0.05, 0.1) is 14.2 Å². The number of carbonyl (C=O) groups excluding carboxylic acids is 2. The molecule has 158 valence electrons. The Bertz CT molecular complexity index is 1090.